The van der Waals surface area contributed by atoms with Crippen LogP contribution in [0.2, 0.25) is 0 Å². The van der Waals surface area contributed by atoms with Crippen molar-refractivity contribution < 1.29 is 28.2 Å². The van der Waals surface area contributed by atoms with Crippen LogP contribution in [-0.4, -0.2) is 24.8 Å². The third kappa shape index (κ3) is 1.58. The van der Waals surface area contributed by atoms with Gasteiger partial charge in [0.25, 0.3) is 0 Å². The van der Waals surface area contributed by atoms with E-state index in [9.17, 15) is 9.59 Å². The van der Waals surface area contributed by atoms with Gasteiger partial charge in [-0.2, -0.15) is 0 Å². The molecular weight excluding hydrogens is 336 g/mol. The molecule has 0 N–H and O–H groups in total. The second-order valence-corrected chi connectivity index (χ2v) is 8.34. The van der Waals surface area contributed by atoms with Crippen LogP contribution in [0.15, 0.2) is 34.7 Å². The van der Waals surface area contributed by atoms with E-state index in [0.717, 1.165) is 43.2 Å². The van der Waals surface area contributed by atoms with Crippen molar-refractivity contribution in [3.63, 3.8) is 0 Å². The third-order valence-electron chi connectivity index (χ3n) is 7.55. The fourth-order valence-electron chi connectivity index (χ4n) is 6.55. The summed E-state index contributed by atoms with van der Waals surface area (Å²) in [5.41, 5.74) is 1.14. The number of hydrogen-bond acceptors (Lipinski definition) is 6. The molecule has 2 aliphatic carbocycles. The van der Waals surface area contributed by atoms with Crippen LogP contribution in [0.25, 0.3) is 0 Å². The van der Waals surface area contributed by atoms with E-state index in [0.29, 0.717) is 6.61 Å². The highest BCUT2D eigenvalue weighted by Crippen LogP contribution is 2.70. The molecule has 5 aliphatic rings. The predicted octanol–water partition coefficient (Wildman–Crippen LogP) is 2.90. The van der Waals surface area contributed by atoms with E-state index in [2.05, 4.69) is 6.08 Å². The zero-order valence-electron chi connectivity index (χ0n) is 14.3. The summed E-state index contributed by atoms with van der Waals surface area (Å²) >= 11 is 0. The number of rotatable bonds is 1. The van der Waals surface area contributed by atoms with Gasteiger partial charge < -0.3 is 18.6 Å². The Hall–Kier alpha value is -2.08. The van der Waals surface area contributed by atoms with Crippen LogP contribution in [0, 0.1) is 22.7 Å². The summed E-state index contributed by atoms with van der Waals surface area (Å²) in [6.07, 6.45) is 8.73. The molecule has 6 rings (SSSR count). The number of carbonyl (C=O) groups excluding carboxylic acids is 2. The predicted molar refractivity (Wildman–Crippen MR) is 86.4 cm³/mol. The highest BCUT2D eigenvalue weighted by molar-refractivity contribution is 5.93. The van der Waals surface area contributed by atoms with Gasteiger partial charge in [0.15, 0.2) is 0 Å². The fourth-order valence-corrected chi connectivity index (χ4v) is 6.55. The highest BCUT2D eigenvalue weighted by atomic mass is 16.7. The first-order chi connectivity index (χ1) is 12.6. The van der Waals surface area contributed by atoms with Crippen molar-refractivity contribution in [1.82, 2.24) is 0 Å². The second-order valence-electron chi connectivity index (χ2n) is 8.34. The molecule has 4 fully saturated rings. The minimum atomic E-state index is -0.544. The summed E-state index contributed by atoms with van der Waals surface area (Å²) in [6.45, 7) is 0.425. The molecule has 1 aromatic rings. The second kappa shape index (κ2) is 4.80. The topological polar surface area (TPSA) is 75.0 Å². The first kappa shape index (κ1) is 15.0. The molecule has 2 spiro atoms. The molecule has 6 atom stereocenters. The van der Waals surface area contributed by atoms with Crippen molar-refractivity contribution in [2.45, 2.75) is 44.5 Å². The number of carbonyl (C=O) groups is 2. The molecule has 1 aromatic heterocycles. The van der Waals surface area contributed by atoms with E-state index in [1.807, 2.05) is 6.07 Å². The molecule has 6 nitrogen and oxygen atoms in total. The Bertz CT molecular complexity index is 825. The molecule has 0 radical (unpaired) electrons. The first-order valence-corrected chi connectivity index (χ1v) is 9.41. The molecule has 4 heterocycles. The Morgan fingerprint density at radius 2 is 2.12 bits per heavy atom. The monoisotopic (exact) mass is 356 g/mol. The van der Waals surface area contributed by atoms with E-state index in [1.165, 1.54) is 0 Å². The van der Waals surface area contributed by atoms with E-state index >= 15 is 0 Å². The molecule has 0 aromatic carbocycles. The van der Waals surface area contributed by atoms with Crippen molar-refractivity contribution in [2.75, 3.05) is 6.61 Å². The number of allylic oxidation sites excluding steroid dienone is 1. The van der Waals surface area contributed by atoms with Crippen molar-refractivity contribution >= 4 is 11.9 Å². The van der Waals surface area contributed by atoms with E-state index in [1.54, 1.807) is 12.5 Å². The minimum Gasteiger partial charge on any atom is -0.472 e. The Morgan fingerprint density at radius 3 is 2.96 bits per heavy atom. The zero-order valence-corrected chi connectivity index (χ0v) is 14.3. The Morgan fingerprint density at radius 1 is 1.19 bits per heavy atom. The lowest BCUT2D eigenvalue weighted by Crippen LogP contribution is -2.54. The lowest BCUT2D eigenvalue weighted by molar-refractivity contribution is -0.174. The van der Waals surface area contributed by atoms with Gasteiger partial charge in [0.2, 0.25) is 6.29 Å². The fraction of sp³-hybridized carbons (Fsp3) is 0.600. The van der Waals surface area contributed by atoms with E-state index < -0.39 is 6.29 Å². The van der Waals surface area contributed by atoms with Gasteiger partial charge in [-0.1, -0.05) is 6.08 Å². The largest absolute Gasteiger partial charge is 0.472 e. The molecule has 0 amide bonds. The summed E-state index contributed by atoms with van der Waals surface area (Å²) in [7, 11) is 0. The van der Waals surface area contributed by atoms with E-state index in [-0.39, 0.29) is 40.7 Å². The normalized spacial score (nSPS) is 45.9. The molecule has 3 aliphatic heterocycles. The standard InChI is InChI=1S/C20H20O6/c21-16-12-2-1-3-15-19(12,10-24-16)6-4-13-17(22)26-18-20(13,15)8-14(25-18)11-5-7-23-9-11/h2,5,7,9,13-15,18H,1,3-4,6,8,10H2/t13-,14-,15-,18-,19+,20+/m0/s1. The highest BCUT2D eigenvalue weighted by Gasteiger charge is 2.73. The van der Waals surface area contributed by atoms with Gasteiger partial charge >= 0.3 is 11.9 Å². The lowest BCUT2D eigenvalue weighted by atomic mass is 9.46. The maximum Gasteiger partial charge on any atom is 0.334 e. The van der Waals surface area contributed by atoms with Gasteiger partial charge in [-0.3, -0.25) is 4.79 Å². The van der Waals surface area contributed by atoms with Gasteiger partial charge in [-0.05, 0) is 44.1 Å². The van der Waals surface area contributed by atoms with Crippen LogP contribution in [-0.2, 0) is 23.8 Å². The number of ether oxygens (including phenoxy) is 3. The van der Waals surface area contributed by atoms with Crippen molar-refractivity contribution in [2.24, 2.45) is 22.7 Å². The number of hydrogen-bond donors (Lipinski definition) is 0. The average molecular weight is 356 g/mol. The van der Waals surface area contributed by atoms with Crippen LogP contribution >= 0.6 is 0 Å². The molecule has 6 heteroatoms. The van der Waals surface area contributed by atoms with Crippen molar-refractivity contribution in [3.05, 3.63) is 35.8 Å². The average Bonchev–Trinajstić information content (AvgIpc) is 3.37. The van der Waals surface area contributed by atoms with Crippen LogP contribution in [0.3, 0.4) is 0 Å². The SMILES string of the molecule is O=C1OC[C@@]23CC[C@H]4C(=O)O[C@@H]5O[C@H](c6ccoc6)C[C@@]54[C@H]2CCC=C13. The lowest BCUT2D eigenvalue weighted by Gasteiger charge is -2.53. The van der Waals surface area contributed by atoms with Crippen LogP contribution in [0.4, 0.5) is 0 Å². The summed E-state index contributed by atoms with van der Waals surface area (Å²) in [4.78, 5) is 24.9. The minimum absolute atomic E-state index is 0.142. The summed E-state index contributed by atoms with van der Waals surface area (Å²) in [5, 5.41) is 0. The maximum absolute atomic E-state index is 12.6. The number of cyclic esters (lactones) is 1. The summed E-state index contributed by atoms with van der Waals surface area (Å²) < 4.78 is 22.7. The molecule has 136 valence electrons. The van der Waals surface area contributed by atoms with Gasteiger partial charge in [-0.15, -0.1) is 0 Å². The molecule has 0 unspecified atom stereocenters. The van der Waals surface area contributed by atoms with E-state index in [4.69, 9.17) is 18.6 Å². The van der Waals surface area contributed by atoms with Gasteiger partial charge in [0.05, 0.1) is 30.0 Å². The zero-order chi connectivity index (χ0) is 17.5. The Labute approximate surface area is 150 Å². The number of furan rings is 1. The maximum atomic E-state index is 12.6. The number of esters is 2. The van der Waals surface area contributed by atoms with Crippen LogP contribution in [0.1, 0.15) is 43.8 Å². The molecule has 1 saturated carbocycles. The smallest absolute Gasteiger partial charge is 0.334 e. The van der Waals surface area contributed by atoms with Gasteiger partial charge in [-0.25, -0.2) is 4.79 Å². The van der Waals surface area contributed by atoms with Crippen molar-refractivity contribution in [1.29, 1.82) is 0 Å². The van der Waals surface area contributed by atoms with Gasteiger partial charge in [0, 0.05) is 16.6 Å². The first-order valence-electron chi connectivity index (χ1n) is 9.41. The summed E-state index contributed by atoms with van der Waals surface area (Å²) in [6, 6.07) is 1.91. The van der Waals surface area contributed by atoms with Gasteiger partial charge in [0.1, 0.15) is 6.61 Å². The molecule has 0 bridgehead atoms. The Balaban J connectivity index is 1.48. The summed E-state index contributed by atoms with van der Waals surface area (Å²) in [5.74, 6) is -0.322. The van der Waals surface area contributed by atoms with Crippen molar-refractivity contribution in [3.8, 4) is 0 Å². The third-order valence-corrected chi connectivity index (χ3v) is 7.55. The molecule has 3 saturated heterocycles. The van der Waals surface area contributed by atoms with Crippen LogP contribution in [0.5, 0.6) is 0 Å². The Kier molecular flexibility index (Phi) is 2.77. The molecular formula is C20H20O6. The van der Waals surface area contributed by atoms with Crippen LogP contribution < -0.4 is 0 Å². The quantitative estimate of drug-likeness (QED) is 0.720. The molecule has 26 heavy (non-hydrogen) atoms.